The summed E-state index contributed by atoms with van der Waals surface area (Å²) in [4.78, 5) is 0. The number of hydrogen-bond donors (Lipinski definition) is 0. The molecule has 1 nitrogen and oxygen atoms in total. The fourth-order valence-corrected chi connectivity index (χ4v) is 0.584. The van der Waals surface area contributed by atoms with Gasteiger partial charge in [-0.3, -0.25) is 0 Å². The smallest absolute Gasteiger partial charge is 0.168 e. The van der Waals surface area contributed by atoms with Crippen LogP contribution in [0, 0.1) is 17.7 Å². The van der Waals surface area contributed by atoms with Crippen LogP contribution in [0.3, 0.4) is 0 Å². The largest absolute Gasteiger partial charge is 0.494 e. The Morgan fingerprint density at radius 1 is 1.50 bits per heavy atom. The van der Waals surface area contributed by atoms with Crippen LogP contribution in [0.4, 0.5) is 8.78 Å². The molecule has 53 valence electrons. The van der Waals surface area contributed by atoms with Crippen molar-refractivity contribution in [3.8, 4) is 5.75 Å². The van der Waals surface area contributed by atoms with Crippen molar-refractivity contribution in [1.82, 2.24) is 0 Å². The van der Waals surface area contributed by atoms with E-state index in [1.54, 1.807) is 0 Å². The van der Waals surface area contributed by atoms with Gasteiger partial charge >= 0.3 is 0 Å². The number of benzene rings is 1. The van der Waals surface area contributed by atoms with Crippen molar-refractivity contribution in [3.63, 3.8) is 0 Å². The Labute approximate surface area is 57.2 Å². The number of halogens is 2. The first-order valence-electron chi connectivity index (χ1n) is 2.65. The molecule has 0 amide bonds. The lowest BCUT2D eigenvalue weighted by Crippen LogP contribution is -1.88. The molecule has 1 aromatic rings. The van der Waals surface area contributed by atoms with Crippen molar-refractivity contribution < 1.29 is 13.5 Å². The monoisotopic (exact) mass is 143 g/mol. The molecule has 0 saturated heterocycles. The molecule has 1 radical (unpaired) electrons. The first kappa shape index (κ1) is 6.99. The van der Waals surface area contributed by atoms with Crippen molar-refractivity contribution in [3.05, 3.63) is 29.8 Å². The molecule has 0 spiro atoms. The van der Waals surface area contributed by atoms with Gasteiger partial charge < -0.3 is 4.74 Å². The Hall–Kier alpha value is -1.12. The summed E-state index contributed by atoms with van der Waals surface area (Å²) in [6.07, 6.45) is 0. The normalized spacial score (nSPS) is 9.50. The van der Waals surface area contributed by atoms with Crippen molar-refractivity contribution in [2.75, 3.05) is 7.11 Å². The van der Waals surface area contributed by atoms with Crippen LogP contribution < -0.4 is 4.74 Å². The van der Waals surface area contributed by atoms with Gasteiger partial charge in [-0.15, -0.1) is 0 Å². The molecular formula is C7H5F2O. The lowest BCUT2D eigenvalue weighted by atomic mass is 10.3. The van der Waals surface area contributed by atoms with Crippen LogP contribution in [-0.2, 0) is 0 Å². The maximum atomic E-state index is 12.5. The van der Waals surface area contributed by atoms with Crippen molar-refractivity contribution in [2.45, 2.75) is 0 Å². The summed E-state index contributed by atoms with van der Waals surface area (Å²) in [6, 6.07) is 4.00. The SMILES string of the molecule is COc1c[c]c(F)cc1F. The Balaban J connectivity index is 3.07. The zero-order valence-electron chi connectivity index (χ0n) is 5.32. The molecule has 1 rings (SSSR count). The van der Waals surface area contributed by atoms with E-state index in [0.29, 0.717) is 0 Å². The number of methoxy groups -OCH3 is 1. The lowest BCUT2D eigenvalue weighted by molar-refractivity contribution is 0.384. The minimum absolute atomic E-state index is 0.00130. The summed E-state index contributed by atoms with van der Waals surface area (Å²) < 4.78 is 29.1. The lowest BCUT2D eigenvalue weighted by Gasteiger charge is -1.98. The van der Waals surface area contributed by atoms with Gasteiger partial charge in [-0.2, -0.15) is 0 Å². The highest BCUT2D eigenvalue weighted by atomic mass is 19.1. The highest BCUT2D eigenvalue weighted by Gasteiger charge is 2.01. The van der Waals surface area contributed by atoms with Gasteiger partial charge in [-0.05, 0) is 6.07 Å². The summed E-state index contributed by atoms with van der Waals surface area (Å²) in [6.45, 7) is 0. The molecule has 0 aromatic heterocycles. The van der Waals surface area contributed by atoms with Gasteiger partial charge in [0, 0.05) is 12.1 Å². The second kappa shape index (κ2) is 2.64. The van der Waals surface area contributed by atoms with Crippen molar-refractivity contribution >= 4 is 0 Å². The fourth-order valence-electron chi connectivity index (χ4n) is 0.584. The quantitative estimate of drug-likeness (QED) is 0.582. The predicted molar refractivity (Wildman–Crippen MR) is 31.7 cm³/mol. The van der Waals surface area contributed by atoms with E-state index in [0.717, 1.165) is 12.1 Å². The van der Waals surface area contributed by atoms with Gasteiger partial charge in [0.05, 0.1) is 7.11 Å². The first-order chi connectivity index (χ1) is 4.74. The fraction of sp³-hybridized carbons (Fsp3) is 0.143. The molecule has 10 heavy (non-hydrogen) atoms. The van der Waals surface area contributed by atoms with E-state index in [9.17, 15) is 8.78 Å². The predicted octanol–water partition coefficient (Wildman–Crippen LogP) is 1.77. The van der Waals surface area contributed by atoms with Crippen LogP contribution in [0.15, 0.2) is 12.1 Å². The van der Waals surface area contributed by atoms with Crippen LogP contribution in [0.25, 0.3) is 0 Å². The van der Waals surface area contributed by atoms with Crippen LogP contribution in [-0.4, -0.2) is 7.11 Å². The van der Waals surface area contributed by atoms with Gasteiger partial charge in [-0.1, -0.05) is 0 Å². The average molecular weight is 143 g/mol. The van der Waals surface area contributed by atoms with Crippen LogP contribution in [0.5, 0.6) is 5.75 Å². The molecule has 1 aromatic carbocycles. The maximum Gasteiger partial charge on any atom is 0.168 e. The summed E-state index contributed by atoms with van der Waals surface area (Å²) in [5.74, 6) is -1.43. The van der Waals surface area contributed by atoms with E-state index in [1.807, 2.05) is 0 Å². The first-order valence-corrected chi connectivity index (χ1v) is 2.65. The van der Waals surface area contributed by atoms with Gasteiger partial charge in [-0.25, -0.2) is 8.78 Å². The highest BCUT2D eigenvalue weighted by molar-refractivity contribution is 5.23. The van der Waals surface area contributed by atoms with E-state index in [1.165, 1.54) is 7.11 Å². The third kappa shape index (κ3) is 1.23. The molecular weight excluding hydrogens is 138 g/mol. The molecule has 0 atom stereocenters. The molecule has 0 bridgehead atoms. The Morgan fingerprint density at radius 2 is 2.20 bits per heavy atom. The maximum absolute atomic E-state index is 12.5. The molecule has 0 fully saturated rings. The summed E-state index contributed by atoms with van der Waals surface area (Å²) >= 11 is 0. The Morgan fingerprint density at radius 3 is 2.70 bits per heavy atom. The van der Waals surface area contributed by atoms with Gasteiger partial charge in [0.25, 0.3) is 0 Å². The highest BCUT2D eigenvalue weighted by Crippen LogP contribution is 2.15. The van der Waals surface area contributed by atoms with Gasteiger partial charge in [0.1, 0.15) is 5.82 Å². The van der Waals surface area contributed by atoms with Gasteiger partial charge in [0.15, 0.2) is 11.6 Å². The zero-order chi connectivity index (χ0) is 7.56. The zero-order valence-corrected chi connectivity index (χ0v) is 5.32. The van der Waals surface area contributed by atoms with Crippen LogP contribution in [0.1, 0.15) is 0 Å². The standard InChI is InChI=1S/C7H5F2O/c1-10-7-3-2-5(8)4-6(7)9/h3-4H,1H3. The van der Waals surface area contributed by atoms with E-state index in [-0.39, 0.29) is 5.75 Å². The molecule has 0 N–H and O–H groups in total. The van der Waals surface area contributed by atoms with E-state index < -0.39 is 11.6 Å². The van der Waals surface area contributed by atoms with E-state index in [2.05, 4.69) is 10.8 Å². The molecule has 0 aliphatic carbocycles. The third-order valence-corrected chi connectivity index (χ3v) is 1.05. The molecule has 0 saturated carbocycles. The number of hydrogen-bond acceptors (Lipinski definition) is 1. The topological polar surface area (TPSA) is 9.23 Å². The summed E-state index contributed by atoms with van der Waals surface area (Å²) in [5, 5.41) is 0. The summed E-state index contributed by atoms with van der Waals surface area (Å²) in [7, 11) is 1.31. The molecule has 3 heteroatoms. The van der Waals surface area contributed by atoms with Gasteiger partial charge in [0.2, 0.25) is 0 Å². The minimum atomic E-state index is -0.724. The van der Waals surface area contributed by atoms with Crippen LogP contribution >= 0.6 is 0 Å². The molecule has 0 unspecified atom stereocenters. The average Bonchev–Trinajstić information content (AvgIpc) is 1.88. The second-order valence-corrected chi connectivity index (χ2v) is 1.70. The Kier molecular flexibility index (Phi) is 1.85. The van der Waals surface area contributed by atoms with E-state index in [4.69, 9.17) is 0 Å². The van der Waals surface area contributed by atoms with E-state index >= 15 is 0 Å². The Bertz CT molecular complexity index is 235. The van der Waals surface area contributed by atoms with Crippen LogP contribution in [0.2, 0.25) is 0 Å². The minimum Gasteiger partial charge on any atom is -0.494 e. The summed E-state index contributed by atoms with van der Waals surface area (Å²) in [5.41, 5.74) is 0. The molecule has 0 heterocycles. The molecule has 0 aliphatic heterocycles. The number of ether oxygens (including phenoxy) is 1. The van der Waals surface area contributed by atoms with Crippen molar-refractivity contribution in [2.24, 2.45) is 0 Å². The number of rotatable bonds is 1. The second-order valence-electron chi connectivity index (χ2n) is 1.70. The van der Waals surface area contributed by atoms with Crippen molar-refractivity contribution in [1.29, 1.82) is 0 Å². The third-order valence-electron chi connectivity index (χ3n) is 1.05. The molecule has 0 aliphatic rings.